The highest BCUT2D eigenvalue weighted by molar-refractivity contribution is 5.65. The Bertz CT molecular complexity index is 465. The van der Waals surface area contributed by atoms with E-state index in [0.29, 0.717) is 5.69 Å². The molecule has 0 saturated heterocycles. The predicted molar refractivity (Wildman–Crippen MR) is 48.6 cm³/mol. The number of benzene rings is 1. The lowest BCUT2D eigenvalue weighted by molar-refractivity contribution is -0.274. The summed E-state index contributed by atoms with van der Waals surface area (Å²) in [4.78, 5) is 3.76. The Morgan fingerprint density at radius 2 is 1.94 bits per heavy atom. The summed E-state index contributed by atoms with van der Waals surface area (Å²) < 4.78 is 44.9. The first-order valence-electron chi connectivity index (χ1n) is 4.29. The third kappa shape index (κ3) is 2.33. The van der Waals surface area contributed by atoms with E-state index in [9.17, 15) is 13.2 Å². The van der Waals surface area contributed by atoms with Crippen LogP contribution in [0.15, 0.2) is 41.3 Å². The fraction of sp³-hybridized carbons (Fsp3) is 0.100. The third-order valence-electron chi connectivity index (χ3n) is 1.82. The van der Waals surface area contributed by atoms with Crippen molar-refractivity contribution in [2.75, 3.05) is 0 Å². The fourth-order valence-electron chi connectivity index (χ4n) is 1.24. The molecule has 0 N–H and O–H groups in total. The van der Waals surface area contributed by atoms with Gasteiger partial charge in [-0.1, -0.05) is 12.1 Å². The molecule has 0 radical (unpaired) electrons. The Morgan fingerprint density at radius 1 is 1.19 bits per heavy atom. The number of nitrogens with zero attached hydrogens (tertiary/aromatic N) is 1. The number of ether oxygens (including phenoxy) is 1. The molecule has 3 nitrogen and oxygen atoms in total. The number of aromatic nitrogens is 1. The Hall–Kier alpha value is -1.98. The van der Waals surface area contributed by atoms with Crippen LogP contribution in [0, 0.1) is 0 Å². The minimum Gasteiger partial charge on any atom is -0.451 e. The van der Waals surface area contributed by atoms with E-state index >= 15 is 0 Å². The normalized spacial score (nSPS) is 11.4. The molecule has 1 aromatic heterocycles. The van der Waals surface area contributed by atoms with Gasteiger partial charge in [-0.15, -0.1) is 13.2 Å². The van der Waals surface area contributed by atoms with Crippen molar-refractivity contribution in [3.05, 3.63) is 36.9 Å². The van der Waals surface area contributed by atoms with Crippen molar-refractivity contribution in [1.82, 2.24) is 4.98 Å². The molecule has 0 fully saturated rings. The smallest absolute Gasteiger partial charge is 0.451 e. The standard InChI is InChI=1S/C10H6F3NO2/c11-10(12,13)16-9-4-2-1-3-7(9)8-5-15-6-14-8/h1-6H. The van der Waals surface area contributed by atoms with Gasteiger partial charge in [-0.2, -0.15) is 0 Å². The zero-order chi connectivity index (χ0) is 11.6. The first kappa shape index (κ1) is 10.5. The van der Waals surface area contributed by atoms with E-state index in [2.05, 4.69) is 9.72 Å². The van der Waals surface area contributed by atoms with Gasteiger partial charge in [0.25, 0.3) is 0 Å². The topological polar surface area (TPSA) is 35.3 Å². The number of para-hydroxylation sites is 1. The van der Waals surface area contributed by atoms with Crippen molar-refractivity contribution in [3.63, 3.8) is 0 Å². The van der Waals surface area contributed by atoms with E-state index in [4.69, 9.17) is 4.42 Å². The Balaban J connectivity index is 2.39. The van der Waals surface area contributed by atoms with Crippen molar-refractivity contribution in [3.8, 4) is 17.0 Å². The van der Waals surface area contributed by atoms with Crippen LogP contribution in [0.3, 0.4) is 0 Å². The van der Waals surface area contributed by atoms with Gasteiger partial charge in [0.05, 0.1) is 0 Å². The average Bonchev–Trinajstić information content (AvgIpc) is 2.69. The number of oxazole rings is 1. The zero-order valence-electron chi connectivity index (χ0n) is 7.86. The van der Waals surface area contributed by atoms with Crippen molar-refractivity contribution in [1.29, 1.82) is 0 Å². The summed E-state index contributed by atoms with van der Waals surface area (Å²) in [6.45, 7) is 0. The molecule has 84 valence electrons. The summed E-state index contributed by atoms with van der Waals surface area (Å²) in [5, 5.41) is 0. The lowest BCUT2D eigenvalue weighted by Crippen LogP contribution is -2.17. The molecule has 0 atom stereocenters. The van der Waals surface area contributed by atoms with Gasteiger partial charge < -0.3 is 9.15 Å². The van der Waals surface area contributed by atoms with Gasteiger partial charge in [0.15, 0.2) is 6.39 Å². The monoisotopic (exact) mass is 229 g/mol. The second-order valence-corrected chi connectivity index (χ2v) is 2.92. The molecule has 2 rings (SSSR count). The molecule has 0 unspecified atom stereocenters. The quantitative estimate of drug-likeness (QED) is 0.792. The largest absolute Gasteiger partial charge is 0.573 e. The van der Waals surface area contributed by atoms with Crippen molar-refractivity contribution >= 4 is 0 Å². The molecule has 0 aliphatic carbocycles. The van der Waals surface area contributed by atoms with Gasteiger partial charge >= 0.3 is 6.36 Å². The van der Waals surface area contributed by atoms with Gasteiger partial charge in [0.1, 0.15) is 17.7 Å². The first-order valence-corrected chi connectivity index (χ1v) is 4.29. The van der Waals surface area contributed by atoms with Gasteiger partial charge in [-0.3, -0.25) is 0 Å². The van der Waals surface area contributed by atoms with Crippen LogP contribution >= 0.6 is 0 Å². The number of alkyl halides is 3. The van der Waals surface area contributed by atoms with Crippen LogP contribution in [0.25, 0.3) is 11.3 Å². The second kappa shape index (κ2) is 3.88. The molecule has 6 heteroatoms. The Labute approximate surface area is 88.5 Å². The first-order chi connectivity index (χ1) is 7.56. The maximum Gasteiger partial charge on any atom is 0.573 e. The van der Waals surface area contributed by atoms with Crippen LogP contribution < -0.4 is 4.74 Å². The molecular formula is C10H6F3NO2. The summed E-state index contributed by atoms with van der Waals surface area (Å²) in [7, 11) is 0. The van der Waals surface area contributed by atoms with E-state index in [0.717, 1.165) is 6.39 Å². The van der Waals surface area contributed by atoms with E-state index in [1.165, 1.54) is 24.5 Å². The number of rotatable bonds is 2. The Kier molecular flexibility index (Phi) is 2.55. The fourth-order valence-corrected chi connectivity index (χ4v) is 1.24. The molecular weight excluding hydrogens is 223 g/mol. The van der Waals surface area contributed by atoms with Gasteiger partial charge in [0.2, 0.25) is 0 Å². The lowest BCUT2D eigenvalue weighted by atomic mass is 10.1. The van der Waals surface area contributed by atoms with Crippen LogP contribution in [0.2, 0.25) is 0 Å². The highest BCUT2D eigenvalue weighted by atomic mass is 19.4. The van der Waals surface area contributed by atoms with Crippen LogP contribution in [0.5, 0.6) is 5.75 Å². The molecule has 0 spiro atoms. The number of halogens is 3. The van der Waals surface area contributed by atoms with E-state index in [1.54, 1.807) is 6.07 Å². The average molecular weight is 229 g/mol. The lowest BCUT2D eigenvalue weighted by Gasteiger charge is -2.11. The summed E-state index contributed by atoms with van der Waals surface area (Å²) >= 11 is 0. The third-order valence-corrected chi connectivity index (χ3v) is 1.82. The summed E-state index contributed by atoms with van der Waals surface area (Å²) in [5.74, 6) is -0.302. The molecule has 0 aliphatic rings. The van der Waals surface area contributed by atoms with Gasteiger partial charge in [-0.25, -0.2) is 4.98 Å². The van der Waals surface area contributed by atoms with Crippen LogP contribution in [0.4, 0.5) is 13.2 Å². The van der Waals surface area contributed by atoms with Crippen molar-refractivity contribution < 1.29 is 22.3 Å². The molecule has 0 bridgehead atoms. The summed E-state index contributed by atoms with van der Waals surface area (Å²) in [6.07, 6.45) is -2.34. The maximum absolute atomic E-state index is 12.1. The molecule has 0 amide bonds. The molecule has 0 aliphatic heterocycles. The molecule has 0 saturated carbocycles. The van der Waals surface area contributed by atoms with E-state index in [-0.39, 0.29) is 11.3 Å². The Morgan fingerprint density at radius 3 is 2.56 bits per heavy atom. The SMILES string of the molecule is FC(F)(F)Oc1ccccc1-c1cocn1. The highest BCUT2D eigenvalue weighted by Crippen LogP contribution is 2.32. The zero-order valence-corrected chi connectivity index (χ0v) is 7.86. The predicted octanol–water partition coefficient (Wildman–Crippen LogP) is 3.24. The minimum atomic E-state index is -4.72. The number of hydrogen-bond donors (Lipinski definition) is 0. The molecule has 1 aromatic carbocycles. The molecule has 1 heterocycles. The van der Waals surface area contributed by atoms with Gasteiger partial charge in [0, 0.05) is 5.56 Å². The molecule has 16 heavy (non-hydrogen) atoms. The highest BCUT2D eigenvalue weighted by Gasteiger charge is 2.32. The van der Waals surface area contributed by atoms with E-state index < -0.39 is 6.36 Å². The summed E-state index contributed by atoms with van der Waals surface area (Å²) in [5.41, 5.74) is 0.522. The minimum absolute atomic E-state index is 0.230. The van der Waals surface area contributed by atoms with E-state index in [1.807, 2.05) is 0 Å². The van der Waals surface area contributed by atoms with Crippen LogP contribution in [-0.2, 0) is 0 Å². The maximum atomic E-state index is 12.1. The van der Waals surface area contributed by atoms with Crippen LogP contribution in [0.1, 0.15) is 0 Å². The van der Waals surface area contributed by atoms with Crippen LogP contribution in [-0.4, -0.2) is 11.3 Å². The molecule has 2 aromatic rings. The van der Waals surface area contributed by atoms with Gasteiger partial charge in [-0.05, 0) is 12.1 Å². The number of hydrogen-bond acceptors (Lipinski definition) is 3. The van der Waals surface area contributed by atoms with Crippen molar-refractivity contribution in [2.45, 2.75) is 6.36 Å². The van der Waals surface area contributed by atoms with Crippen molar-refractivity contribution in [2.24, 2.45) is 0 Å². The summed E-state index contributed by atoms with van der Waals surface area (Å²) in [6, 6.07) is 5.73. The second-order valence-electron chi connectivity index (χ2n) is 2.92.